The smallest absolute Gasteiger partial charge is 0.333 e. The molecule has 1 saturated heterocycles. The largest absolute Gasteiger partial charge is 0.406 e. The fourth-order valence-electron chi connectivity index (χ4n) is 3.63. The topological polar surface area (TPSA) is 54.7 Å². The van der Waals surface area contributed by atoms with Gasteiger partial charge in [0.25, 0.3) is 0 Å². The van der Waals surface area contributed by atoms with Crippen LogP contribution in [0.3, 0.4) is 0 Å². The van der Waals surface area contributed by atoms with Gasteiger partial charge in [-0.1, -0.05) is 25.3 Å². The molecule has 1 aromatic heterocycles. The number of halogens is 3. The highest BCUT2D eigenvalue weighted by molar-refractivity contribution is 5.90. The Kier molecular flexibility index (Phi) is 5.48. The average Bonchev–Trinajstić information content (AvgIpc) is 2.95. The molecule has 26 heavy (non-hydrogen) atoms. The molecule has 1 unspecified atom stereocenters. The van der Waals surface area contributed by atoms with Crippen LogP contribution in [-0.2, 0) is 4.79 Å². The Morgan fingerprint density at radius 2 is 1.92 bits per heavy atom. The highest BCUT2D eigenvalue weighted by atomic mass is 19.4. The minimum absolute atomic E-state index is 0.164. The van der Waals surface area contributed by atoms with Gasteiger partial charge in [0, 0.05) is 19.2 Å². The normalized spacial score (nSPS) is 22.9. The monoisotopic (exact) mass is 369 g/mol. The van der Waals surface area contributed by atoms with Gasteiger partial charge in [-0.25, -0.2) is 0 Å². The number of hydrogen-bond donors (Lipinski definition) is 0. The van der Waals surface area contributed by atoms with Crippen LogP contribution in [0.2, 0.25) is 0 Å². The van der Waals surface area contributed by atoms with Crippen molar-refractivity contribution in [2.24, 2.45) is 10.9 Å². The van der Waals surface area contributed by atoms with E-state index >= 15 is 0 Å². The summed E-state index contributed by atoms with van der Waals surface area (Å²) in [5, 5.41) is 0. The van der Waals surface area contributed by atoms with Crippen molar-refractivity contribution in [1.29, 1.82) is 0 Å². The second kappa shape index (κ2) is 7.63. The third kappa shape index (κ3) is 4.53. The van der Waals surface area contributed by atoms with Gasteiger partial charge in [0.15, 0.2) is 0 Å². The fourth-order valence-corrected chi connectivity index (χ4v) is 3.63. The summed E-state index contributed by atoms with van der Waals surface area (Å²) in [6, 6.07) is 5.36. The quantitative estimate of drug-likeness (QED) is 0.823. The van der Waals surface area contributed by atoms with Crippen molar-refractivity contribution in [1.82, 2.24) is 9.47 Å². The molecule has 142 valence electrons. The van der Waals surface area contributed by atoms with Crippen LogP contribution in [0.1, 0.15) is 43.3 Å². The van der Waals surface area contributed by atoms with Gasteiger partial charge in [-0.05, 0) is 25.0 Å². The lowest BCUT2D eigenvalue weighted by atomic mass is 9.96. The number of alkyl halides is 3. The minimum Gasteiger partial charge on any atom is -0.333 e. The Labute approximate surface area is 149 Å². The van der Waals surface area contributed by atoms with E-state index in [4.69, 9.17) is 0 Å². The van der Waals surface area contributed by atoms with Gasteiger partial charge in [0.1, 0.15) is 12.0 Å². The van der Waals surface area contributed by atoms with E-state index < -0.39 is 24.5 Å². The highest BCUT2D eigenvalue weighted by Gasteiger charge is 2.40. The standard InChI is InChI=1S/C18H22F3N3O2/c19-18(20,21)12-23-11-13(10-16(23)25)17(26)24-9-5-4-8-15(24)22-14-6-2-1-3-7-14/h4-5,8-9,13-14H,1-3,6-7,10-12H2. The van der Waals surface area contributed by atoms with Crippen molar-refractivity contribution in [3.63, 3.8) is 0 Å². The Hall–Kier alpha value is -2.12. The Morgan fingerprint density at radius 1 is 1.19 bits per heavy atom. The SMILES string of the molecule is O=C1CC(C(=O)n2ccccc2=NC2CCCCC2)CN1CC(F)(F)F. The molecule has 8 heteroatoms. The lowest BCUT2D eigenvalue weighted by Crippen LogP contribution is -2.37. The van der Waals surface area contributed by atoms with Crippen LogP contribution >= 0.6 is 0 Å². The molecule has 1 aromatic rings. The molecule has 0 aromatic carbocycles. The van der Waals surface area contributed by atoms with Crippen molar-refractivity contribution in [2.45, 2.75) is 50.7 Å². The lowest BCUT2D eigenvalue weighted by molar-refractivity contribution is -0.157. The summed E-state index contributed by atoms with van der Waals surface area (Å²) in [6.07, 6.45) is 2.28. The molecular formula is C18H22F3N3O2. The number of nitrogens with zero attached hydrogens (tertiary/aromatic N) is 3. The molecule has 1 amide bonds. The molecule has 2 heterocycles. The van der Waals surface area contributed by atoms with Gasteiger partial charge in [0.2, 0.25) is 11.8 Å². The summed E-state index contributed by atoms with van der Waals surface area (Å²) in [4.78, 5) is 30.0. The van der Waals surface area contributed by atoms with Crippen LogP contribution in [0.15, 0.2) is 29.4 Å². The molecule has 0 N–H and O–H groups in total. The number of likely N-dealkylation sites (tertiary alicyclic amines) is 1. The van der Waals surface area contributed by atoms with Crippen molar-refractivity contribution in [3.8, 4) is 0 Å². The van der Waals surface area contributed by atoms with Gasteiger partial charge in [-0.3, -0.25) is 19.1 Å². The number of carbonyl (C=O) groups excluding carboxylic acids is 2. The van der Waals surface area contributed by atoms with Crippen LogP contribution in [0.5, 0.6) is 0 Å². The van der Waals surface area contributed by atoms with E-state index in [1.54, 1.807) is 24.4 Å². The van der Waals surface area contributed by atoms with Crippen LogP contribution in [0, 0.1) is 5.92 Å². The Morgan fingerprint density at radius 3 is 2.62 bits per heavy atom. The zero-order valence-corrected chi connectivity index (χ0v) is 14.4. The third-order valence-corrected chi connectivity index (χ3v) is 4.90. The zero-order chi connectivity index (χ0) is 18.7. The van der Waals surface area contributed by atoms with Gasteiger partial charge in [-0.15, -0.1) is 0 Å². The summed E-state index contributed by atoms with van der Waals surface area (Å²) >= 11 is 0. The van der Waals surface area contributed by atoms with Gasteiger partial charge in [-0.2, -0.15) is 13.2 Å². The van der Waals surface area contributed by atoms with E-state index in [9.17, 15) is 22.8 Å². The van der Waals surface area contributed by atoms with Gasteiger partial charge in [0.05, 0.1) is 12.0 Å². The molecule has 0 bridgehead atoms. The van der Waals surface area contributed by atoms with Crippen molar-refractivity contribution < 1.29 is 22.8 Å². The van der Waals surface area contributed by atoms with Gasteiger partial charge >= 0.3 is 6.18 Å². The molecule has 2 fully saturated rings. The highest BCUT2D eigenvalue weighted by Crippen LogP contribution is 2.24. The maximum Gasteiger partial charge on any atom is 0.406 e. The molecule has 1 saturated carbocycles. The van der Waals surface area contributed by atoms with Crippen molar-refractivity contribution in [2.75, 3.05) is 13.1 Å². The average molecular weight is 369 g/mol. The Balaban J connectivity index is 1.78. The second-order valence-corrected chi connectivity index (χ2v) is 6.98. The molecular weight excluding hydrogens is 347 g/mol. The molecule has 1 aliphatic carbocycles. The summed E-state index contributed by atoms with van der Waals surface area (Å²) < 4.78 is 39.1. The molecule has 1 aliphatic heterocycles. The van der Waals surface area contributed by atoms with Crippen LogP contribution in [0.25, 0.3) is 0 Å². The van der Waals surface area contributed by atoms with E-state index in [1.165, 1.54) is 11.0 Å². The van der Waals surface area contributed by atoms with Crippen LogP contribution in [-0.4, -0.2) is 46.6 Å². The maximum atomic E-state index is 12.8. The molecule has 0 spiro atoms. The first kappa shape index (κ1) is 18.7. The van der Waals surface area contributed by atoms with Crippen molar-refractivity contribution in [3.05, 3.63) is 29.9 Å². The summed E-state index contributed by atoms with van der Waals surface area (Å²) in [7, 11) is 0. The van der Waals surface area contributed by atoms with E-state index in [2.05, 4.69) is 4.99 Å². The first-order valence-corrected chi connectivity index (χ1v) is 8.94. The van der Waals surface area contributed by atoms with E-state index in [1.807, 2.05) is 0 Å². The van der Waals surface area contributed by atoms with E-state index in [0.29, 0.717) is 10.4 Å². The number of pyridine rings is 1. The number of rotatable bonds is 3. The van der Waals surface area contributed by atoms with Crippen molar-refractivity contribution >= 4 is 11.8 Å². The Bertz CT molecular complexity index is 736. The molecule has 2 aliphatic rings. The molecule has 5 nitrogen and oxygen atoms in total. The first-order chi connectivity index (χ1) is 12.3. The van der Waals surface area contributed by atoms with Gasteiger partial charge < -0.3 is 4.90 Å². The summed E-state index contributed by atoms with van der Waals surface area (Å²) in [5.41, 5.74) is 0.506. The lowest BCUT2D eigenvalue weighted by Gasteiger charge is -2.19. The van der Waals surface area contributed by atoms with E-state index in [0.717, 1.165) is 25.7 Å². The number of amides is 1. The number of hydrogen-bond acceptors (Lipinski definition) is 3. The maximum absolute atomic E-state index is 12.8. The molecule has 1 atom stereocenters. The number of aromatic nitrogens is 1. The van der Waals surface area contributed by atoms with Crippen LogP contribution < -0.4 is 5.49 Å². The first-order valence-electron chi connectivity index (χ1n) is 8.94. The summed E-state index contributed by atoms with van der Waals surface area (Å²) in [6.45, 7) is -1.52. The molecule has 0 radical (unpaired) electrons. The minimum atomic E-state index is -4.46. The van der Waals surface area contributed by atoms with E-state index in [-0.39, 0.29) is 24.9 Å². The molecule has 3 rings (SSSR count). The number of carbonyl (C=O) groups is 2. The van der Waals surface area contributed by atoms with Crippen LogP contribution in [0.4, 0.5) is 13.2 Å². The fraction of sp³-hybridized carbons (Fsp3) is 0.611. The third-order valence-electron chi connectivity index (χ3n) is 4.90. The predicted molar refractivity (Wildman–Crippen MR) is 88.2 cm³/mol. The summed E-state index contributed by atoms with van der Waals surface area (Å²) in [5.74, 6) is -1.79. The predicted octanol–water partition coefficient (Wildman–Crippen LogP) is 2.77. The second-order valence-electron chi connectivity index (χ2n) is 6.98. The zero-order valence-electron chi connectivity index (χ0n) is 14.4.